The van der Waals surface area contributed by atoms with E-state index in [1.54, 1.807) is 0 Å². The van der Waals surface area contributed by atoms with E-state index in [4.69, 9.17) is 14.2 Å². The molecule has 2 saturated heterocycles. The van der Waals surface area contributed by atoms with Crippen molar-refractivity contribution in [2.75, 3.05) is 6.61 Å². The largest absolute Gasteiger partial charge is 0.358 e. The smallest absolute Gasteiger partial charge is 0.169 e. The maximum absolute atomic E-state index is 11.9. The van der Waals surface area contributed by atoms with Gasteiger partial charge in [0, 0.05) is 5.41 Å². The van der Waals surface area contributed by atoms with Crippen LogP contribution in [0.4, 0.5) is 0 Å². The molecule has 0 unspecified atom stereocenters. The summed E-state index contributed by atoms with van der Waals surface area (Å²) in [5, 5.41) is 0. The zero-order valence-electron chi connectivity index (χ0n) is 10.6. The molecule has 2 fully saturated rings. The van der Waals surface area contributed by atoms with E-state index in [0.29, 0.717) is 6.61 Å². The fourth-order valence-electron chi connectivity index (χ4n) is 1.92. The zero-order chi connectivity index (χ0) is 12.1. The zero-order valence-corrected chi connectivity index (χ0v) is 10.6. The van der Waals surface area contributed by atoms with E-state index in [1.807, 2.05) is 34.6 Å². The number of rotatable bonds is 2. The van der Waals surface area contributed by atoms with Gasteiger partial charge in [-0.25, -0.2) is 0 Å². The van der Waals surface area contributed by atoms with Gasteiger partial charge >= 0.3 is 0 Å². The summed E-state index contributed by atoms with van der Waals surface area (Å²) in [5.74, 6) is -0.405. The fourth-order valence-corrected chi connectivity index (χ4v) is 1.92. The topological polar surface area (TPSA) is 48.1 Å². The summed E-state index contributed by atoms with van der Waals surface area (Å²) in [5.41, 5.74) is -0.353. The van der Waals surface area contributed by atoms with Crippen LogP contribution in [0.2, 0.25) is 0 Å². The first-order valence-electron chi connectivity index (χ1n) is 5.72. The maximum Gasteiger partial charge on any atom is 0.169 e. The van der Waals surface area contributed by atoms with Crippen LogP contribution in [0, 0.1) is 5.41 Å². The SMILES string of the molecule is CC1(C)OC[C@H]([C@H]2O[C@H]2C(=O)C(C)(C)C)O1. The molecule has 0 saturated carbocycles. The first-order valence-corrected chi connectivity index (χ1v) is 5.72. The molecule has 0 aromatic carbocycles. The third-order valence-corrected chi connectivity index (χ3v) is 2.92. The van der Waals surface area contributed by atoms with Crippen LogP contribution in [0.1, 0.15) is 34.6 Å². The second-order valence-electron chi connectivity index (χ2n) is 6.00. The average Bonchev–Trinajstić information content (AvgIpc) is 2.82. The Morgan fingerprint density at radius 1 is 1.31 bits per heavy atom. The van der Waals surface area contributed by atoms with Gasteiger partial charge in [0.25, 0.3) is 0 Å². The number of carbonyl (C=O) groups excluding carboxylic acids is 1. The molecule has 0 N–H and O–H groups in total. The highest BCUT2D eigenvalue weighted by atomic mass is 16.8. The Morgan fingerprint density at radius 2 is 1.94 bits per heavy atom. The van der Waals surface area contributed by atoms with Gasteiger partial charge in [-0.2, -0.15) is 0 Å². The summed E-state index contributed by atoms with van der Waals surface area (Å²) in [6.45, 7) is 9.97. The van der Waals surface area contributed by atoms with Gasteiger partial charge in [-0.3, -0.25) is 4.79 Å². The maximum atomic E-state index is 11.9. The van der Waals surface area contributed by atoms with Gasteiger partial charge < -0.3 is 14.2 Å². The van der Waals surface area contributed by atoms with Crippen LogP contribution in [0.25, 0.3) is 0 Å². The minimum atomic E-state index is -0.550. The molecular weight excluding hydrogens is 208 g/mol. The molecule has 0 aromatic rings. The number of ketones is 1. The lowest BCUT2D eigenvalue weighted by atomic mass is 9.87. The number of carbonyl (C=O) groups is 1. The number of epoxide rings is 1. The molecule has 2 heterocycles. The third kappa shape index (κ3) is 2.29. The van der Waals surface area contributed by atoms with Crippen molar-refractivity contribution in [2.24, 2.45) is 5.41 Å². The Balaban J connectivity index is 1.91. The monoisotopic (exact) mass is 228 g/mol. The van der Waals surface area contributed by atoms with Gasteiger partial charge in [-0.15, -0.1) is 0 Å². The first-order chi connectivity index (χ1) is 7.21. The number of Topliss-reactive ketones (excluding diaryl/α,β-unsaturated/α-hetero) is 1. The highest BCUT2D eigenvalue weighted by Gasteiger charge is 2.55. The van der Waals surface area contributed by atoms with Crippen molar-refractivity contribution in [2.45, 2.75) is 58.7 Å². The van der Waals surface area contributed by atoms with E-state index in [2.05, 4.69) is 0 Å². The van der Waals surface area contributed by atoms with Crippen LogP contribution in [0.15, 0.2) is 0 Å². The van der Waals surface area contributed by atoms with Gasteiger partial charge in [0.05, 0.1) is 6.61 Å². The summed E-state index contributed by atoms with van der Waals surface area (Å²) in [4.78, 5) is 11.9. The summed E-state index contributed by atoms with van der Waals surface area (Å²) in [7, 11) is 0. The third-order valence-electron chi connectivity index (χ3n) is 2.92. The number of hydrogen-bond acceptors (Lipinski definition) is 4. The molecule has 0 spiro atoms. The fraction of sp³-hybridized carbons (Fsp3) is 0.917. The van der Waals surface area contributed by atoms with E-state index in [-0.39, 0.29) is 29.5 Å². The Kier molecular flexibility index (Phi) is 2.64. The highest BCUT2D eigenvalue weighted by molar-refractivity contribution is 5.90. The summed E-state index contributed by atoms with van der Waals surface area (Å²) in [6, 6.07) is 0. The van der Waals surface area contributed by atoms with Crippen molar-refractivity contribution in [3.8, 4) is 0 Å². The Labute approximate surface area is 96.2 Å². The van der Waals surface area contributed by atoms with Crippen molar-refractivity contribution in [3.63, 3.8) is 0 Å². The predicted octanol–water partition coefficient (Wildman–Crippen LogP) is 1.52. The lowest BCUT2D eigenvalue weighted by Gasteiger charge is -2.17. The van der Waals surface area contributed by atoms with Crippen LogP contribution in [0.5, 0.6) is 0 Å². The minimum Gasteiger partial charge on any atom is -0.358 e. The van der Waals surface area contributed by atoms with E-state index in [9.17, 15) is 4.79 Å². The molecule has 0 bridgehead atoms. The Morgan fingerprint density at radius 3 is 2.38 bits per heavy atom. The van der Waals surface area contributed by atoms with Crippen LogP contribution in [-0.4, -0.2) is 36.5 Å². The molecule has 92 valence electrons. The van der Waals surface area contributed by atoms with Gasteiger partial charge in [-0.1, -0.05) is 20.8 Å². The van der Waals surface area contributed by atoms with Gasteiger partial charge in [0.15, 0.2) is 11.6 Å². The number of hydrogen-bond donors (Lipinski definition) is 0. The van der Waals surface area contributed by atoms with Crippen molar-refractivity contribution in [3.05, 3.63) is 0 Å². The van der Waals surface area contributed by atoms with Crippen LogP contribution < -0.4 is 0 Å². The van der Waals surface area contributed by atoms with Crippen molar-refractivity contribution >= 4 is 5.78 Å². The minimum absolute atomic E-state index is 0.105. The molecule has 2 rings (SSSR count). The first kappa shape index (κ1) is 12.0. The highest BCUT2D eigenvalue weighted by Crippen LogP contribution is 2.38. The van der Waals surface area contributed by atoms with Crippen LogP contribution in [0.3, 0.4) is 0 Å². The van der Waals surface area contributed by atoms with Crippen LogP contribution in [-0.2, 0) is 19.0 Å². The van der Waals surface area contributed by atoms with Gasteiger partial charge in [-0.05, 0) is 13.8 Å². The van der Waals surface area contributed by atoms with Gasteiger partial charge in [0.2, 0.25) is 0 Å². The van der Waals surface area contributed by atoms with Crippen molar-refractivity contribution in [1.29, 1.82) is 0 Å². The van der Waals surface area contributed by atoms with Crippen molar-refractivity contribution in [1.82, 2.24) is 0 Å². The molecule has 2 aliphatic heterocycles. The second kappa shape index (κ2) is 3.52. The molecule has 0 radical (unpaired) electrons. The predicted molar refractivity (Wildman–Crippen MR) is 58.0 cm³/mol. The molecular formula is C12H20O4. The van der Waals surface area contributed by atoms with E-state index >= 15 is 0 Å². The molecule has 0 amide bonds. The van der Waals surface area contributed by atoms with E-state index in [1.165, 1.54) is 0 Å². The summed E-state index contributed by atoms with van der Waals surface area (Å²) < 4.78 is 16.5. The Bertz CT molecular complexity index is 303. The number of ether oxygens (including phenoxy) is 3. The van der Waals surface area contributed by atoms with E-state index < -0.39 is 5.79 Å². The molecule has 2 aliphatic rings. The van der Waals surface area contributed by atoms with Gasteiger partial charge in [0.1, 0.15) is 18.3 Å². The molecule has 16 heavy (non-hydrogen) atoms. The standard InChI is InChI=1S/C12H20O4/c1-11(2,3)10(13)9-8(15-9)7-6-14-12(4,5)16-7/h7-9H,6H2,1-5H3/t7-,8-,9-/m1/s1. The average molecular weight is 228 g/mol. The molecule has 4 nitrogen and oxygen atoms in total. The molecule has 3 atom stereocenters. The normalized spacial score (nSPS) is 37.4. The van der Waals surface area contributed by atoms with Crippen molar-refractivity contribution < 1.29 is 19.0 Å². The lowest BCUT2D eigenvalue weighted by Crippen LogP contribution is -2.31. The molecule has 0 aliphatic carbocycles. The summed E-state index contributed by atoms with van der Waals surface area (Å²) >= 11 is 0. The molecule has 0 aromatic heterocycles. The Hall–Kier alpha value is -0.450. The van der Waals surface area contributed by atoms with Crippen LogP contribution >= 0.6 is 0 Å². The second-order valence-corrected chi connectivity index (χ2v) is 6.00. The quantitative estimate of drug-likeness (QED) is 0.672. The summed E-state index contributed by atoms with van der Waals surface area (Å²) in [6.07, 6.45) is -0.526. The molecule has 4 heteroatoms. The lowest BCUT2D eigenvalue weighted by molar-refractivity contribution is -0.140. The van der Waals surface area contributed by atoms with E-state index in [0.717, 1.165) is 0 Å².